The van der Waals surface area contributed by atoms with Gasteiger partial charge >= 0.3 is 5.97 Å². The van der Waals surface area contributed by atoms with Crippen LogP contribution in [0.3, 0.4) is 0 Å². The van der Waals surface area contributed by atoms with E-state index in [0.717, 1.165) is 16.7 Å². The molecule has 1 atom stereocenters. The Labute approximate surface area is 181 Å². The normalized spacial score (nSPS) is 16.8. The van der Waals surface area contributed by atoms with Gasteiger partial charge in [0.25, 0.3) is 0 Å². The second-order valence-electron chi connectivity index (χ2n) is 8.00. The fraction of sp³-hybridized carbons (Fsp3) is 0.280. The minimum atomic E-state index is -0.348. The minimum absolute atomic E-state index is 0.125. The number of allylic oxidation sites excluding steroid dienone is 2. The number of methoxy groups -OCH3 is 1. The molecule has 2 heterocycles. The number of Topliss-reactive ketones (excluding diaryl/α,β-unsaturated/α-hetero) is 1. The Balaban J connectivity index is 1.81. The molecule has 0 spiro atoms. The van der Waals surface area contributed by atoms with E-state index in [4.69, 9.17) is 18.9 Å². The van der Waals surface area contributed by atoms with Crippen LogP contribution >= 0.6 is 0 Å². The van der Waals surface area contributed by atoms with E-state index < -0.39 is 0 Å². The van der Waals surface area contributed by atoms with E-state index >= 15 is 0 Å². The summed E-state index contributed by atoms with van der Waals surface area (Å²) in [5, 5.41) is 0. The second kappa shape index (κ2) is 7.95. The molecule has 2 aliphatic heterocycles. The van der Waals surface area contributed by atoms with E-state index in [-0.39, 0.29) is 24.1 Å². The second-order valence-corrected chi connectivity index (χ2v) is 8.00. The molecule has 0 aliphatic carbocycles. The number of benzene rings is 2. The first kappa shape index (κ1) is 20.7. The van der Waals surface area contributed by atoms with Gasteiger partial charge in [-0.2, -0.15) is 0 Å². The average molecular weight is 420 g/mol. The monoisotopic (exact) mass is 420 g/mol. The van der Waals surface area contributed by atoms with Gasteiger partial charge in [-0.1, -0.05) is 12.6 Å². The summed E-state index contributed by atoms with van der Waals surface area (Å²) >= 11 is 0. The number of fused-ring (bicyclic) bond motifs is 3. The smallest absolute Gasteiger partial charge is 0.312 e. The highest BCUT2D eigenvalue weighted by molar-refractivity contribution is 6.13. The number of esters is 1. The summed E-state index contributed by atoms with van der Waals surface area (Å²) in [5.41, 5.74) is 3.70. The third kappa shape index (κ3) is 3.69. The highest BCUT2D eigenvalue weighted by Crippen LogP contribution is 2.49. The molecule has 0 saturated heterocycles. The van der Waals surface area contributed by atoms with Crippen molar-refractivity contribution in [1.29, 1.82) is 0 Å². The lowest BCUT2D eigenvalue weighted by molar-refractivity contribution is -0.135. The van der Waals surface area contributed by atoms with Gasteiger partial charge in [0.1, 0.15) is 18.1 Å². The van der Waals surface area contributed by atoms with Gasteiger partial charge in [0.2, 0.25) is 5.78 Å². The molecular weight excluding hydrogens is 396 g/mol. The number of hydrogen-bond donors (Lipinski definition) is 0. The molecule has 0 unspecified atom stereocenters. The summed E-state index contributed by atoms with van der Waals surface area (Å²) in [6.45, 7) is 9.77. The molecule has 6 nitrogen and oxygen atoms in total. The molecule has 2 aromatic carbocycles. The maximum absolute atomic E-state index is 12.8. The van der Waals surface area contributed by atoms with Crippen LogP contribution in [-0.2, 0) is 4.79 Å². The van der Waals surface area contributed by atoms with Crippen LogP contribution in [0.2, 0.25) is 0 Å². The zero-order chi connectivity index (χ0) is 22.3. The topological polar surface area (TPSA) is 71.1 Å². The lowest BCUT2D eigenvalue weighted by atomic mass is 9.84. The van der Waals surface area contributed by atoms with Crippen LogP contribution < -0.4 is 18.9 Å². The first-order valence-corrected chi connectivity index (χ1v) is 10.0. The van der Waals surface area contributed by atoms with Crippen molar-refractivity contribution in [3.63, 3.8) is 0 Å². The standard InChI is InChI=1S/C25H24O6/c1-13(2)12-29-18-8-6-15(10-20(18)28-5)17-11-21(26)30-19-9-7-16-23(27)24(14(3)4)31-25(16)22(17)19/h6-10,17H,1,11-12H2,2-5H3/t17-/m0/s1. The van der Waals surface area contributed by atoms with Crippen molar-refractivity contribution in [2.45, 2.75) is 33.1 Å². The Morgan fingerprint density at radius 2 is 1.87 bits per heavy atom. The first-order valence-electron chi connectivity index (χ1n) is 10.0. The van der Waals surface area contributed by atoms with Crippen molar-refractivity contribution in [2.75, 3.05) is 13.7 Å². The number of hydrogen-bond acceptors (Lipinski definition) is 6. The van der Waals surface area contributed by atoms with Gasteiger partial charge < -0.3 is 18.9 Å². The van der Waals surface area contributed by atoms with Crippen LogP contribution in [0.4, 0.5) is 0 Å². The van der Waals surface area contributed by atoms with Gasteiger partial charge in [-0.25, -0.2) is 0 Å². The zero-order valence-corrected chi connectivity index (χ0v) is 18.0. The summed E-state index contributed by atoms with van der Waals surface area (Å²) < 4.78 is 22.7. The van der Waals surface area contributed by atoms with Crippen LogP contribution in [0.15, 0.2) is 53.8 Å². The highest BCUT2D eigenvalue weighted by atomic mass is 16.5. The van der Waals surface area contributed by atoms with Crippen LogP contribution in [0.5, 0.6) is 23.0 Å². The maximum Gasteiger partial charge on any atom is 0.312 e. The van der Waals surface area contributed by atoms with Crippen molar-refractivity contribution in [3.05, 3.63) is 70.5 Å². The van der Waals surface area contributed by atoms with E-state index in [9.17, 15) is 9.59 Å². The fourth-order valence-corrected chi connectivity index (χ4v) is 3.83. The van der Waals surface area contributed by atoms with Gasteiger partial charge in [0, 0.05) is 11.5 Å². The summed E-state index contributed by atoms with van der Waals surface area (Å²) in [7, 11) is 1.57. The van der Waals surface area contributed by atoms with Gasteiger partial charge in [-0.15, -0.1) is 0 Å². The molecule has 160 valence electrons. The predicted molar refractivity (Wildman–Crippen MR) is 115 cm³/mol. The molecule has 0 radical (unpaired) electrons. The van der Waals surface area contributed by atoms with Crippen LogP contribution in [0, 0.1) is 0 Å². The van der Waals surface area contributed by atoms with Crippen molar-refractivity contribution in [1.82, 2.24) is 0 Å². The summed E-state index contributed by atoms with van der Waals surface area (Å²) in [4.78, 5) is 25.1. The molecule has 0 aromatic heterocycles. The number of ether oxygens (including phenoxy) is 4. The van der Waals surface area contributed by atoms with Gasteiger partial charge in [-0.3, -0.25) is 9.59 Å². The molecule has 6 heteroatoms. The average Bonchev–Trinajstić information content (AvgIpc) is 3.08. The Hall–Kier alpha value is -3.54. The van der Waals surface area contributed by atoms with Crippen molar-refractivity contribution < 1.29 is 28.5 Å². The van der Waals surface area contributed by atoms with Gasteiger partial charge in [-0.05, 0) is 61.7 Å². The maximum atomic E-state index is 12.8. The Kier molecular flexibility index (Phi) is 5.31. The van der Waals surface area contributed by atoms with Crippen LogP contribution in [-0.4, -0.2) is 25.5 Å². The molecular formula is C25H24O6. The molecule has 0 fully saturated rings. The Bertz CT molecular complexity index is 1140. The molecule has 31 heavy (non-hydrogen) atoms. The molecule has 0 N–H and O–H groups in total. The van der Waals surface area contributed by atoms with Crippen LogP contribution in [0.1, 0.15) is 54.6 Å². The predicted octanol–water partition coefficient (Wildman–Crippen LogP) is 4.96. The lowest BCUT2D eigenvalue weighted by Crippen LogP contribution is -2.21. The number of carbonyl (C=O) groups excluding carboxylic acids is 2. The molecule has 2 aliphatic rings. The van der Waals surface area contributed by atoms with Crippen molar-refractivity contribution in [3.8, 4) is 23.0 Å². The third-order valence-corrected chi connectivity index (χ3v) is 5.27. The van der Waals surface area contributed by atoms with E-state index in [1.54, 1.807) is 19.2 Å². The van der Waals surface area contributed by atoms with E-state index in [0.29, 0.717) is 46.5 Å². The Morgan fingerprint density at radius 1 is 1.10 bits per heavy atom. The SMILES string of the molecule is C=C(C)COc1ccc([C@@H]2CC(=O)Oc3ccc4c(c32)OC(=C(C)C)C4=O)cc1OC. The quantitative estimate of drug-likeness (QED) is 0.295. The van der Waals surface area contributed by atoms with Gasteiger partial charge in [0.05, 0.1) is 19.1 Å². The largest absolute Gasteiger partial charge is 0.493 e. The number of ketones is 1. The summed E-state index contributed by atoms with van der Waals surface area (Å²) in [6, 6.07) is 8.86. The van der Waals surface area contributed by atoms with E-state index in [2.05, 4.69) is 6.58 Å². The minimum Gasteiger partial charge on any atom is -0.493 e. The molecule has 0 bridgehead atoms. The molecule has 0 saturated carbocycles. The zero-order valence-electron chi connectivity index (χ0n) is 18.0. The van der Waals surface area contributed by atoms with E-state index in [1.807, 2.05) is 39.0 Å². The molecule has 4 rings (SSSR count). The molecule has 0 amide bonds. The Morgan fingerprint density at radius 3 is 2.55 bits per heavy atom. The lowest BCUT2D eigenvalue weighted by Gasteiger charge is -2.27. The van der Waals surface area contributed by atoms with Crippen molar-refractivity contribution >= 4 is 11.8 Å². The summed E-state index contributed by atoms with van der Waals surface area (Å²) in [5.74, 6) is 1.47. The summed E-state index contributed by atoms with van der Waals surface area (Å²) in [6.07, 6.45) is 0.125. The van der Waals surface area contributed by atoms with Crippen molar-refractivity contribution in [2.24, 2.45) is 0 Å². The third-order valence-electron chi connectivity index (χ3n) is 5.27. The first-order chi connectivity index (χ1) is 14.8. The van der Waals surface area contributed by atoms with E-state index in [1.165, 1.54) is 0 Å². The van der Waals surface area contributed by atoms with Crippen LogP contribution in [0.25, 0.3) is 0 Å². The number of rotatable bonds is 5. The highest BCUT2D eigenvalue weighted by Gasteiger charge is 2.39. The molecule has 2 aromatic rings. The fourth-order valence-electron chi connectivity index (χ4n) is 3.83. The number of carbonyl (C=O) groups is 2. The van der Waals surface area contributed by atoms with Gasteiger partial charge in [0.15, 0.2) is 17.3 Å².